The minimum Gasteiger partial charge on any atom is -0.497 e. The van der Waals surface area contributed by atoms with E-state index in [1.54, 1.807) is 43.2 Å². The maximum atomic E-state index is 14.0. The van der Waals surface area contributed by atoms with Crippen LogP contribution in [-0.4, -0.2) is 47.4 Å². The Bertz CT molecular complexity index is 1330. The molecular weight excluding hydrogens is 432 g/mol. The van der Waals surface area contributed by atoms with Gasteiger partial charge < -0.3 is 19.9 Å². The van der Waals surface area contributed by atoms with Gasteiger partial charge in [-0.25, -0.2) is 9.69 Å². The van der Waals surface area contributed by atoms with Crippen molar-refractivity contribution in [3.05, 3.63) is 59.3 Å². The Morgan fingerprint density at radius 3 is 2.74 bits per heavy atom. The summed E-state index contributed by atoms with van der Waals surface area (Å²) in [7, 11) is 1.62. The average molecular weight is 461 g/mol. The highest BCUT2D eigenvalue weighted by molar-refractivity contribution is 6.25. The average Bonchev–Trinajstić information content (AvgIpc) is 3.31. The summed E-state index contributed by atoms with van der Waals surface area (Å²) in [5, 5.41) is 3.92. The van der Waals surface area contributed by atoms with Gasteiger partial charge in [-0.15, -0.1) is 0 Å². The van der Waals surface area contributed by atoms with Crippen LogP contribution in [0, 0.1) is 0 Å². The quantitative estimate of drug-likeness (QED) is 0.564. The van der Waals surface area contributed by atoms with Crippen LogP contribution >= 0.6 is 0 Å². The van der Waals surface area contributed by atoms with Crippen molar-refractivity contribution in [3.63, 3.8) is 0 Å². The molecule has 0 saturated carbocycles. The van der Waals surface area contributed by atoms with E-state index >= 15 is 0 Å². The lowest BCUT2D eigenvalue weighted by Crippen LogP contribution is -2.49. The molecule has 1 aromatic heterocycles. The van der Waals surface area contributed by atoms with Gasteiger partial charge in [0.05, 0.1) is 24.1 Å². The molecule has 2 aromatic carbocycles. The van der Waals surface area contributed by atoms with E-state index in [9.17, 15) is 14.4 Å². The number of fused-ring (bicyclic) bond motifs is 5. The van der Waals surface area contributed by atoms with Gasteiger partial charge in [0.15, 0.2) is 5.54 Å². The Morgan fingerprint density at radius 2 is 2.00 bits per heavy atom. The molecule has 3 heterocycles. The third-order valence-electron chi connectivity index (χ3n) is 7.15. The summed E-state index contributed by atoms with van der Waals surface area (Å²) in [4.78, 5) is 46.7. The molecular formula is C26H28N4O4. The zero-order valence-electron chi connectivity index (χ0n) is 19.8. The summed E-state index contributed by atoms with van der Waals surface area (Å²) in [5.41, 5.74) is 2.02. The Kier molecular flexibility index (Phi) is 5.11. The summed E-state index contributed by atoms with van der Waals surface area (Å²) in [5.74, 6) is 0.0540. The molecule has 1 fully saturated rings. The van der Waals surface area contributed by atoms with Crippen LogP contribution in [0.5, 0.6) is 5.75 Å². The Morgan fingerprint density at radius 1 is 1.24 bits per heavy atom. The molecule has 4 amide bonds. The number of aromatic amines is 1. The van der Waals surface area contributed by atoms with E-state index in [2.05, 4.69) is 10.3 Å². The minimum absolute atomic E-state index is 0.0275. The summed E-state index contributed by atoms with van der Waals surface area (Å²) in [6.07, 6.45) is 1.39. The number of carbonyl (C=O) groups is 3. The van der Waals surface area contributed by atoms with Crippen LogP contribution in [0.4, 0.5) is 10.5 Å². The van der Waals surface area contributed by atoms with Gasteiger partial charge in [0, 0.05) is 23.5 Å². The number of hydrogen-bond acceptors (Lipinski definition) is 4. The number of imide groups is 1. The van der Waals surface area contributed by atoms with Crippen LogP contribution in [0.25, 0.3) is 10.9 Å². The molecule has 8 nitrogen and oxygen atoms in total. The number of hydrogen-bond donors (Lipinski definition) is 2. The van der Waals surface area contributed by atoms with Crippen molar-refractivity contribution in [1.29, 1.82) is 0 Å². The predicted octanol–water partition coefficient (Wildman–Crippen LogP) is 3.94. The van der Waals surface area contributed by atoms with E-state index in [0.717, 1.165) is 33.5 Å². The number of anilines is 1. The van der Waals surface area contributed by atoms with E-state index in [0.29, 0.717) is 29.9 Å². The Labute approximate surface area is 197 Å². The number of rotatable bonds is 5. The molecule has 0 radical (unpaired) electrons. The van der Waals surface area contributed by atoms with Crippen LogP contribution in [0.15, 0.2) is 42.5 Å². The van der Waals surface area contributed by atoms with E-state index in [1.807, 2.05) is 32.0 Å². The first kappa shape index (κ1) is 22.0. The lowest BCUT2D eigenvalue weighted by molar-refractivity contribution is -0.125. The van der Waals surface area contributed by atoms with E-state index in [-0.39, 0.29) is 17.9 Å². The Hall–Kier alpha value is -3.81. The van der Waals surface area contributed by atoms with Gasteiger partial charge in [-0.1, -0.05) is 19.1 Å². The zero-order chi connectivity index (χ0) is 24.2. The van der Waals surface area contributed by atoms with Crippen molar-refractivity contribution in [2.45, 2.75) is 45.2 Å². The predicted molar refractivity (Wildman–Crippen MR) is 129 cm³/mol. The molecule has 176 valence electrons. The molecule has 2 aliphatic rings. The monoisotopic (exact) mass is 460 g/mol. The third kappa shape index (κ3) is 3.01. The van der Waals surface area contributed by atoms with Gasteiger partial charge in [0.25, 0.3) is 11.8 Å². The highest BCUT2D eigenvalue weighted by Crippen LogP contribution is 2.46. The van der Waals surface area contributed by atoms with Gasteiger partial charge >= 0.3 is 6.03 Å². The number of benzene rings is 2. The fourth-order valence-corrected chi connectivity index (χ4v) is 5.02. The largest absolute Gasteiger partial charge is 0.497 e. The summed E-state index contributed by atoms with van der Waals surface area (Å²) in [6, 6.07) is 12.1. The fourth-order valence-electron chi connectivity index (χ4n) is 5.02. The number of ether oxygens (including phenoxy) is 1. The lowest BCUT2D eigenvalue weighted by Gasteiger charge is -2.35. The van der Waals surface area contributed by atoms with Gasteiger partial charge in [0.1, 0.15) is 5.75 Å². The number of carbonyl (C=O) groups excluding carboxylic acids is 3. The fraction of sp³-hybridized carbons (Fsp3) is 0.346. The van der Waals surface area contributed by atoms with Crippen LogP contribution in [0.1, 0.15) is 48.8 Å². The molecule has 34 heavy (non-hydrogen) atoms. The zero-order valence-corrected chi connectivity index (χ0v) is 19.8. The molecule has 2 atom stereocenters. The second kappa shape index (κ2) is 7.90. The summed E-state index contributed by atoms with van der Waals surface area (Å²) < 4.78 is 5.39. The first-order valence-electron chi connectivity index (χ1n) is 11.6. The van der Waals surface area contributed by atoms with Crippen molar-refractivity contribution in [3.8, 4) is 5.75 Å². The van der Waals surface area contributed by atoms with Crippen molar-refractivity contribution in [2.24, 2.45) is 0 Å². The lowest BCUT2D eigenvalue weighted by atomic mass is 9.87. The molecule has 3 aromatic rings. The topological polar surface area (TPSA) is 94.7 Å². The van der Waals surface area contributed by atoms with Crippen LogP contribution < -0.4 is 15.0 Å². The highest BCUT2D eigenvalue weighted by atomic mass is 16.5. The number of methoxy groups -OCH3 is 1. The number of nitrogens with zero attached hydrogens (tertiary/aromatic N) is 2. The number of nitrogens with one attached hydrogen (secondary N) is 2. The smallest absolute Gasteiger partial charge is 0.332 e. The first-order chi connectivity index (χ1) is 16.3. The van der Waals surface area contributed by atoms with E-state index in [1.165, 1.54) is 0 Å². The standard InChI is InChI=1S/C26H28N4O4/c1-5-15(2)27-23(31)18-8-6-7-9-21(18)30-24(32)26(3)22-17(12-13-29(26)25(30)33)19-14-16(34-4)10-11-20(19)28-22/h6-11,14-15,28H,5,12-13H2,1-4H3,(H,27,31)/t15-,26-/m0/s1. The van der Waals surface area contributed by atoms with Crippen LogP contribution in [0.3, 0.4) is 0 Å². The number of aromatic nitrogens is 1. The highest BCUT2D eigenvalue weighted by Gasteiger charge is 2.59. The van der Waals surface area contributed by atoms with Gasteiger partial charge in [-0.05, 0) is 62.6 Å². The maximum Gasteiger partial charge on any atom is 0.332 e. The molecule has 8 heteroatoms. The summed E-state index contributed by atoms with van der Waals surface area (Å²) >= 11 is 0. The van der Waals surface area contributed by atoms with Gasteiger partial charge in [-0.2, -0.15) is 0 Å². The molecule has 1 saturated heterocycles. The summed E-state index contributed by atoms with van der Waals surface area (Å²) in [6.45, 7) is 6.08. The van der Waals surface area contributed by atoms with Crippen LogP contribution in [0.2, 0.25) is 0 Å². The number of H-pyrrole nitrogens is 1. The molecule has 0 bridgehead atoms. The first-order valence-corrected chi connectivity index (χ1v) is 11.6. The molecule has 0 aliphatic carbocycles. The van der Waals surface area contributed by atoms with Gasteiger partial charge in [-0.3, -0.25) is 9.59 Å². The number of para-hydroxylation sites is 1. The number of urea groups is 1. The van der Waals surface area contributed by atoms with E-state index in [4.69, 9.17) is 4.74 Å². The normalized spacial score (nSPS) is 20.4. The minimum atomic E-state index is -1.20. The molecule has 0 unspecified atom stereocenters. The SMILES string of the molecule is CC[C@H](C)NC(=O)c1ccccc1N1C(=O)N2CCc3c([nH]c4ccc(OC)cc34)[C@@]2(C)C1=O. The van der Waals surface area contributed by atoms with Gasteiger partial charge in [0.2, 0.25) is 0 Å². The van der Waals surface area contributed by atoms with E-state index < -0.39 is 11.6 Å². The van der Waals surface area contributed by atoms with Crippen molar-refractivity contribution in [1.82, 2.24) is 15.2 Å². The molecule has 2 aliphatic heterocycles. The van der Waals surface area contributed by atoms with Crippen LogP contribution in [-0.2, 0) is 16.8 Å². The number of amides is 4. The molecule has 2 N–H and O–H groups in total. The third-order valence-corrected chi connectivity index (χ3v) is 7.15. The van der Waals surface area contributed by atoms with Crippen molar-refractivity contribution in [2.75, 3.05) is 18.6 Å². The molecule has 5 rings (SSSR count). The second-order valence-corrected chi connectivity index (χ2v) is 9.09. The second-order valence-electron chi connectivity index (χ2n) is 9.09. The molecule has 0 spiro atoms. The Balaban J connectivity index is 1.60. The maximum absolute atomic E-state index is 14.0. The van der Waals surface area contributed by atoms with Crippen molar-refractivity contribution < 1.29 is 19.1 Å². The van der Waals surface area contributed by atoms with Crippen molar-refractivity contribution >= 4 is 34.4 Å².